The lowest BCUT2D eigenvalue weighted by Gasteiger charge is -2.17. The highest BCUT2D eigenvalue weighted by Gasteiger charge is 2.22. The van der Waals surface area contributed by atoms with Gasteiger partial charge in [-0.25, -0.2) is 4.39 Å². The third-order valence-electron chi connectivity index (χ3n) is 4.67. The summed E-state index contributed by atoms with van der Waals surface area (Å²) in [6.07, 6.45) is -0.490. The Bertz CT molecular complexity index is 1150. The molecule has 0 saturated heterocycles. The lowest BCUT2D eigenvalue weighted by Crippen LogP contribution is -2.13. The van der Waals surface area contributed by atoms with E-state index in [9.17, 15) is 9.18 Å². The summed E-state index contributed by atoms with van der Waals surface area (Å²) in [7, 11) is 0. The fourth-order valence-electron chi connectivity index (χ4n) is 3.25. The van der Waals surface area contributed by atoms with Crippen LogP contribution in [0.5, 0.6) is 0 Å². The summed E-state index contributed by atoms with van der Waals surface area (Å²) in [5.74, 6) is -0.196. The molecule has 4 aromatic rings. The minimum absolute atomic E-state index is 0.0413. The maximum absolute atomic E-state index is 14.4. The number of ether oxygens (including phenoxy) is 1. The fourth-order valence-corrected chi connectivity index (χ4v) is 3.25. The zero-order valence-electron chi connectivity index (χ0n) is 15.4. The molecule has 3 nitrogen and oxygen atoms in total. The Morgan fingerprint density at radius 2 is 1.61 bits per heavy atom. The molecule has 0 saturated carbocycles. The molecular weight excluding hydrogens is 355 g/mol. The van der Waals surface area contributed by atoms with Crippen LogP contribution in [0.15, 0.2) is 88.1 Å². The molecule has 1 atom stereocenters. The lowest BCUT2D eigenvalue weighted by atomic mass is 10.00. The Morgan fingerprint density at radius 3 is 2.32 bits per heavy atom. The first-order chi connectivity index (χ1) is 13.6. The Kier molecular flexibility index (Phi) is 5.04. The monoisotopic (exact) mass is 374 g/mol. The van der Waals surface area contributed by atoms with Crippen LogP contribution in [0.25, 0.3) is 22.1 Å². The van der Waals surface area contributed by atoms with Crippen molar-refractivity contribution in [3.05, 3.63) is 106 Å². The maximum Gasteiger partial charge on any atom is 0.203 e. The van der Waals surface area contributed by atoms with E-state index >= 15 is 0 Å². The summed E-state index contributed by atoms with van der Waals surface area (Å²) in [5.41, 5.74) is 1.85. The standard InChI is InChI=1S/C24H19FO3/c1-16(27-15-17-9-4-2-5-10-17)24-21(18-11-6-3-7-12-18)23(26)22-19(25)13-8-14-20(22)28-24/h2-14,16H,15H2,1H3. The van der Waals surface area contributed by atoms with Crippen LogP contribution in [0.1, 0.15) is 24.4 Å². The smallest absolute Gasteiger partial charge is 0.203 e. The Labute approximate surface area is 162 Å². The Balaban J connectivity index is 1.83. The summed E-state index contributed by atoms with van der Waals surface area (Å²) >= 11 is 0. The van der Waals surface area contributed by atoms with Crippen molar-refractivity contribution in [1.82, 2.24) is 0 Å². The van der Waals surface area contributed by atoms with Gasteiger partial charge in [0, 0.05) is 0 Å². The molecule has 140 valence electrons. The van der Waals surface area contributed by atoms with Gasteiger partial charge in [-0.15, -0.1) is 0 Å². The first kappa shape index (κ1) is 18.1. The summed E-state index contributed by atoms with van der Waals surface area (Å²) in [5, 5.41) is -0.0413. The van der Waals surface area contributed by atoms with Crippen molar-refractivity contribution in [2.75, 3.05) is 0 Å². The highest BCUT2D eigenvalue weighted by atomic mass is 19.1. The quantitative estimate of drug-likeness (QED) is 0.438. The van der Waals surface area contributed by atoms with Gasteiger partial charge in [-0.3, -0.25) is 4.79 Å². The van der Waals surface area contributed by atoms with Gasteiger partial charge in [0.05, 0.1) is 12.2 Å². The number of benzene rings is 3. The van der Waals surface area contributed by atoms with E-state index in [1.54, 1.807) is 6.07 Å². The second kappa shape index (κ2) is 7.79. The molecule has 0 aliphatic carbocycles. The van der Waals surface area contributed by atoms with Crippen LogP contribution in [0.4, 0.5) is 4.39 Å². The third kappa shape index (κ3) is 3.47. The second-order valence-electron chi connectivity index (χ2n) is 6.59. The first-order valence-corrected chi connectivity index (χ1v) is 9.11. The summed E-state index contributed by atoms with van der Waals surface area (Å²) in [4.78, 5) is 13.2. The predicted molar refractivity (Wildman–Crippen MR) is 108 cm³/mol. The largest absolute Gasteiger partial charge is 0.457 e. The van der Waals surface area contributed by atoms with E-state index in [1.807, 2.05) is 67.6 Å². The van der Waals surface area contributed by atoms with Crippen molar-refractivity contribution < 1.29 is 13.5 Å². The van der Waals surface area contributed by atoms with E-state index in [1.165, 1.54) is 12.1 Å². The Hall–Kier alpha value is -3.24. The number of hydrogen-bond donors (Lipinski definition) is 0. The van der Waals surface area contributed by atoms with E-state index in [0.29, 0.717) is 23.5 Å². The fraction of sp³-hybridized carbons (Fsp3) is 0.125. The zero-order valence-corrected chi connectivity index (χ0v) is 15.4. The summed E-state index contributed by atoms with van der Waals surface area (Å²) in [6, 6.07) is 23.3. The van der Waals surface area contributed by atoms with Gasteiger partial charge in [0.25, 0.3) is 0 Å². The van der Waals surface area contributed by atoms with Crippen molar-refractivity contribution in [3.8, 4) is 11.1 Å². The molecule has 3 aromatic carbocycles. The van der Waals surface area contributed by atoms with Gasteiger partial charge in [0.15, 0.2) is 0 Å². The minimum atomic E-state index is -0.590. The van der Waals surface area contributed by atoms with E-state index in [0.717, 1.165) is 5.56 Å². The third-order valence-corrected chi connectivity index (χ3v) is 4.67. The average Bonchev–Trinajstić information content (AvgIpc) is 2.73. The van der Waals surface area contributed by atoms with Crippen LogP contribution in [0.3, 0.4) is 0 Å². The molecule has 0 spiro atoms. The normalized spacial score (nSPS) is 12.2. The molecule has 1 unspecified atom stereocenters. The zero-order chi connectivity index (χ0) is 19.5. The molecule has 0 bridgehead atoms. The molecule has 0 fully saturated rings. The van der Waals surface area contributed by atoms with Crippen molar-refractivity contribution in [3.63, 3.8) is 0 Å². The van der Waals surface area contributed by atoms with Crippen LogP contribution in [-0.2, 0) is 11.3 Å². The van der Waals surface area contributed by atoms with Gasteiger partial charge in [0.1, 0.15) is 28.7 Å². The summed E-state index contributed by atoms with van der Waals surface area (Å²) in [6.45, 7) is 2.21. The van der Waals surface area contributed by atoms with Gasteiger partial charge in [0.2, 0.25) is 5.43 Å². The molecule has 28 heavy (non-hydrogen) atoms. The van der Waals surface area contributed by atoms with E-state index in [2.05, 4.69) is 0 Å². The molecule has 0 amide bonds. The molecule has 4 rings (SSSR count). The van der Waals surface area contributed by atoms with E-state index < -0.39 is 17.3 Å². The number of rotatable bonds is 5. The van der Waals surface area contributed by atoms with Crippen molar-refractivity contribution in [2.45, 2.75) is 19.6 Å². The van der Waals surface area contributed by atoms with Gasteiger partial charge in [-0.2, -0.15) is 0 Å². The second-order valence-corrected chi connectivity index (χ2v) is 6.59. The lowest BCUT2D eigenvalue weighted by molar-refractivity contribution is 0.0389. The maximum atomic E-state index is 14.4. The highest BCUT2D eigenvalue weighted by Crippen LogP contribution is 2.31. The highest BCUT2D eigenvalue weighted by molar-refractivity contribution is 5.83. The van der Waals surface area contributed by atoms with Gasteiger partial charge in [-0.05, 0) is 30.2 Å². The number of hydrogen-bond acceptors (Lipinski definition) is 3. The van der Waals surface area contributed by atoms with Crippen LogP contribution in [0, 0.1) is 5.82 Å². The summed E-state index contributed by atoms with van der Waals surface area (Å²) < 4.78 is 26.3. The van der Waals surface area contributed by atoms with Crippen LogP contribution >= 0.6 is 0 Å². The minimum Gasteiger partial charge on any atom is -0.457 e. The van der Waals surface area contributed by atoms with E-state index in [4.69, 9.17) is 9.15 Å². The Morgan fingerprint density at radius 1 is 0.929 bits per heavy atom. The molecule has 0 aliphatic heterocycles. The molecule has 0 N–H and O–H groups in total. The molecule has 0 radical (unpaired) electrons. The van der Waals surface area contributed by atoms with Crippen LogP contribution < -0.4 is 5.43 Å². The average molecular weight is 374 g/mol. The number of halogens is 1. The molecule has 1 heterocycles. The first-order valence-electron chi connectivity index (χ1n) is 9.11. The number of fused-ring (bicyclic) bond motifs is 1. The van der Waals surface area contributed by atoms with Crippen LogP contribution in [0.2, 0.25) is 0 Å². The van der Waals surface area contributed by atoms with Gasteiger partial charge < -0.3 is 9.15 Å². The topological polar surface area (TPSA) is 39.4 Å². The molecule has 0 aliphatic rings. The molecular formula is C24H19FO3. The van der Waals surface area contributed by atoms with Crippen molar-refractivity contribution in [2.24, 2.45) is 0 Å². The van der Waals surface area contributed by atoms with Gasteiger partial charge >= 0.3 is 0 Å². The molecule has 1 aromatic heterocycles. The van der Waals surface area contributed by atoms with Crippen LogP contribution in [-0.4, -0.2) is 0 Å². The SMILES string of the molecule is CC(OCc1ccccc1)c1oc2cccc(F)c2c(=O)c1-c1ccccc1. The molecule has 4 heteroatoms. The van der Waals surface area contributed by atoms with E-state index in [-0.39, 0.29) is 11.0 Å². The van der Waals surface area contributed by atoms with Crippen molar-refractivity contribution >= 4 is 11.0 Å². The van der Waals surface area contributed by atoms with Crippen molar-refractivity contribution in [1.29, 1.82) is 0 Å². The predicted octanol–water partition coefficient (Wildman–Crippen LogP) is 5.88. The van der Waals surface area contributed by atoms with Gasteiger partial charge in [-0.1, -0.05) is 66.7 Å².